The van der Waals surface area contributed by atoms with Crippen molar-refractivity contribution in [2.24, 2.45) is 11.8 Å². The lowest BCUT2D eigenvalue weighted by Crippen LogP contribution is -2.51. The number of carbonyl (C=O) groups is 2. The van der Waals surface area contributed by atoms with E-state index in [9.17, 15) is 22.8 Å². The molecule has 0 radical (unpaired) electrons. The predicted octanol–water partition coefficient (Wildman–Crippen LogP) is 6.05. The zero-order valence-electron chi connectivity index (χ0n) is 23.1. The second kappa shape index (κ2) is 12.8. The van der Waals surface area contributed by atoms with Gasteiger partial charge in [-0.25, -0.2) is 0 Å². The van der Waals surface area contributed by atoms with Crippen LogP contribution in [0.3, 0.4) is 0 Å². The highest BCUT2D eigenvalue weighted by atomic mass is 35.5. The van der Waals surface area contributed by atoms with E-state index < -0.39 is 17.8 Å². The number of nitrogens with one attached hydrogen (secondary N) is 1. The highest BCUT2D eigenvalue weighted by Gasteiger charge is 2.39. The number of alkyl halides is 3. The average molecular weight is 580 g/mol. The molecule has 2 amide bonds. The SMILES string of the molecule is CCC(C)CC(NC(C)=O)c1cc(C(F)(F)F)ccc1N1CCN(C(=O)C2COCC2c2ccc(Cl)cc2)CC1. The van der Waals surface area contributed by atoms with E-state index in [1.807, 2.05) is 47.9 Å². The molecule has 0 aromatic heterocycles. The molecule has 10 heteroatoms. The van der Waals surface area contributed by atoms with Gasteiger partial charge in [-0.1, -0.05) is 44.0 Å². The molecule has 4 rings (SSSR count). The van der Waals surface area contributed by atoms with Gasteiger partial charge < -0.3 is 19.9 Å². The smallest absolute Gasteiger partial charge is 0.380 e. The lowest BCUT2D eigenvalue weighted by atomic mass is 9.88. The molecule has 0 spiro atoms. The number of piperazine rings is 1. The summed E-state index contributed by atoms with van der Waals surface area (Å²) in [6, 6.07) is 10.7. The second-order valence-electron chi connectivity index (χ2n) is 10.9. The Hall–Kier alpha value is -2.78. The Morgan fingerprint density at radius 3 is 2.35 bits per heavy atom. The third-order valence-electron chi connectivity index (χ3n) is 8.07. The summed E-state index contributed by atoms with van der Waals surface area (Å²) in [6.45, 7) is 8.07. The lowest BCUT2D eigenvalue weighted by molar-refractivity contribution is -0.138. The number of hydrogen-bond donors (Lipinski definition) is 1. The van der Waals surface area contributed by atoms with Crippen LogP contribution >= 0.6 is 11.6 Å². The Morgan fingerprint density at radius 1 is 1.07 bits per heavy atom. The van der Waals surface area contributed by atoms with Gasteiger partial charge in [-0.15, -0.1) is 0 Å². The minimum atomic E-state index is -4.50. The Morgan fingerprint density at radius 2 is 1.75 bits per heavy atom. The van der Waals surface area contributed by atoms with Gasteiger partial charge in [0.1, 0.15) is 0 Å². The van der Waals surface area contributed by atoms with Crippen LogP contribution in [0.2, 0.25) is 5.02 Å². The molecule has 0 bridgehead atoms. The molecule has 40 heavy (non-hydrogen) atoms. The topological polar surface area (TPSA) is 61.9 Å². The van der Waals surface area contributed by atoms with Crippen LogP contribution in [0, 0.1) is 11.8 Å². The summed E-state index contributed by atoms with van der Waals surface area (Å²) in [6.07, 6.45) is -3.14. The zero-order valence-corrected chi connectivity index (χ0v) is 23.9. The van der Waals surface area contributed by atoms with Crippen molar-refractivity contribution in [2.45, 2.75) is 51.7 Å². The maximum atomic E-state index is 13.7. The van der Waals surface area contributed by atoms with Crippen molar-refractivity contribution in [1.82, 2.24) is 10.2 Å². The van der Waals surface area contributed by atoms with Crippen LogP contribution in [0.5, 0.6) is 0 Å². The van der Waals surface area contributed by atoms with E-state index in [4.69, 9.17) is 16.3 Å². The van der Waals surface area contributed by atoms with Crippen molar-refractivity contribution in [3.8, 4) is 0 Å². The summed E-state index contributed by atoms with van der Waals surface area (Å²) in [7, 11) is 0. The molecule has 0 saturated carbocycles. The third-order valence-corrected chi connectivity index (χ3v) is 8.32. The summed E-state index contributed by atoms with van der Waals surface area (Å²) in [4.78, 5) is 29.4. The molecule has 218 valence electrons. The Labute approximate surface area is 238 Å². The van der Waals surface area contributed by atoms with Crippen LogP contribution in [0.15, 0.2) is 42.5 Å². The van der Waals surface area contributed by atoms with Crippen LogP contribution in [-0.4, -0.2) is 56.1 Å². The number of hydrogen-bond acceptors (Lipinski definition) is 4. The first-order valence-corrected chi connectivity index (χ1v) is 14.2. The van der Waals surface area contributed by atoms with E-state index >= 15 is 0 Å². The first kappa shape index (κ1) is 30.2. The van der Waals surface area contributed by atoms with Crippen molar-refractivity contribution in [1.29, 1.82) is 0 Å². The van der Waals surface area contributed by atoms with Crippen LogP contribution in [-0.2, 0) is 20.5 Å². The molecule has 6 nitrogen and oxygen atoms in total. The van der Waals surface area contributed by atoms with Gasteiger partial charge in [0, 0.05) is 49.7 Å². The molecular formula is C30H37ClF3N3O3. The van der Waals surface area contributed by atoms with Crippen LogP contribution in [0.1, 0.15) is 62.3 Å². The number of anilines is 1. The average Bonchev–Trinajstić information content (AvgIpc) is 3.41. The number of halogens is 4. The van der Waals surface area contributed by atoms with E-state index in [2.05, 4.69) is 5.32 Å². The maximum Gasteiger partial charge on any atom is 0.416 e. The summed E-state index contributed by atoms with van der Waals surface area (Å²) < 4.78 is 46.8. The predicted molar refractivity (Wildman–Crippen MR) is 149 cm³/mol. The molecule has 1 N–H and O–H groups in total. The Balaban J connectivity index is 1.53. The largest absolute Gasteiger partial charge is 0.416 e. The number of carbonyl (C=O) groups excluding carboxylic acids is 2. The fourth-order valence-corrected chi connectivity index (χ4v) is 5.74. The van der Waals surface area contributed by atoms with Gasteiger partial charge in [-0.2, -0.15) is 13.2 Å². The fraction of sp³-hybridized carbons (Fsp3) is 0.533. The molecule has 4 unspecified atom stereocenters. The highest BCUT2D eigenvalue weighted by Crippen LogP contribution is 2.38. The summed E-state index contributed by atoms with van der Waals surface area (Å²) >= 11 is 6.03. The summed E-state index contributed by atoms with van der Waals surface area (Å²) in [5, 5.41) is 3.52. The molecule has 2 saturated heterocycles. The minimum Gasteiger partial charge on any atom is -0.380 e. The molecule has 2 fully saturated rings. The highest BCUT2D eigenvalue weighted by molar-refractivity contribution is 6.30. The van der Waals surface area contributed by atoms with Crippen LogP contribution < -0.4 is 10.2 Å². The van der Waals surface area contributed by atoms with Gasteiger partial charge in [-0.05, 0) is 53.8 Å². The molecule has 2 aromatic carbocycles. The minimum absolute atomic E-state index is 0.0256. The van der Waals surface area contributed by atoms with Crippen LogP contribution in [0.4, 0.5) is 18.9 Å². The van der Waals surface area contributed by atoms with Crippen molar-refractivity contribution < 1.29 is 27.5 Å². The number of ether oxygens (including phenoxy) is 1. The standard InChI is InChI=1S/C30H37ClF3N3O3/c1-4-19(2)15-27(35-20(3)38)24-16-22(30(32,33)34)7-10-28(24)36-11-13-37(14-12-36)29(39)26-18-40-17-25(26)21-5-8-23(31)9-6-21/h5-10,16,19,25-27H,4,11-15,17-18H2,1-3H3,(H,35,38). The van der Waals surface area contributed by atoms with E-state index in [1.54, 1.807) is 0 Å². The molecule has 2 heterocycles. The van der Waals surface area contributed by atoms with Gasteiger partial charge in [0.05, 0.1) is 30.7 Å². The quantitative estimate of drug-likeness (QED) is 0.413. The third kappa shape index (κ3) is 7.10. The summed E-state index contributed by atoms with van der Waals surface area (Å²) in [5.41, 5.74) is 1.38. The first-order valence-electron chi connectivity index (χ1n) is 13.8. The maximum absolute atomic E-state index is 13.7. The number of amides is 2. The zero-order chi connectivity index (χ0) is 29.0. The van der Waals surface area contributed by atoms with Crippen molar-refractivity contribution >= 4 is 29.1 Å². The van der Waals surface area contributed by atoms with Crippen molar-refractivity contribution in [3.63, 3.8) is 0 Å². The van der Waals surface area contributed by atoms with Gasteiger partial charge in [0.2, 0.25) is 11.8 Å². The van der Waals surface area contributed by atoms with E-state index in [1.165, 1.54) is 19.1 Å². The number of nitrogens with zero attached hydrogens (tertiary/aromatic N) is 2. The van der Waals surface area contributed by atoms with Gasteiger partial charge >= 0.3 is 6.18 Å². The van der Waals surface area contributed by atoms with Crippen LogP contribution in [0.25, 0.3) is 0 Å². The van der Waals surface area contributed by atoms with E-state index in [0.717, 1.165) is 18.1 Å². The molecule has 0 aliphatic carbocycles. The Bertz CT molecular complexity index is 1180. The Kier molecular flexibility index (Phi) is 9.67. The van der Waals surface area contributed by atoms with Gasteiger partial charge in [0.15, 0.2) is 0 Å². The normalized spacial score (nSPS) is 21.3. The number of benzene rings is 2. The fourth-order valence-electron chi connectivity index (χ4n) is 5.61. The second-order valence-corrected chi connectivity index (χ2v) is 11.3. The molecule has 2 aliphatic heterocycles. The first-order chi connectivity index (χ1) is 19.0. The number of rotatable bonds is 8. The monoisotopic (exact) mass is 579 g/mol. The molecule has 4 atom stereocenters. The van der Waals surface area contributed by atoms with E-state index in [-0.39, 0.29) is 29.6 Å². The van der Waals surface area contributed by atoms with Gasteiger partial charge in [0.25, 0.3) is 0 Å². The van der Waals surface area contributed by atoms with Crippen molar-refractivity contribution in [2.75, 3.05) is 44.3 Å². The van der Waals surface area contributed by atoms with Crippen molar-refractivity contribution in [3.05, 3.63) is 64.2 Å². The lowest BCUT2D eigenvalue weighted by Gasteiger charge is -2.39. The van der Waals surface area contributed by atoms with Gasteiger partial charge in [-0.3, -0.25) is 9.59 Å². The summed E-state index contributed by atoms with van der Waals surface area (Å²) in [5.74, 6) is -0.410. The molecule has 2 aromatic rings. The van der Waals surface area contributed by atoms with E-state index in [0.29, 0.717) is 62.1 Å². The molecule has 2 aliphatic rings. The molecular weight excluding hydrogens is 543 g/mol.